The molecule has 2 amide bonds. The van der Waals surface area contributed by atoms with Crippen molar-refractivity contribution in [1.82, 2.24) is 15.2 Å². The van der Waals surface area contributed by atoms with Crippen molar-refractivity contribution in [3.8, 4) is 0 Å². The van der Waals surface area contributed by atoms with Crippen molar-refractivity contribution in [2.45, 2.75) is 45.9 Å². The Morgan fingerprint density at radius 1 is 1.32 bits per heavy atom. The summed E-state index contributed by atoms with van der Waals surface area (Å²) in [5.41, 5.74) is 1.87. The van der Waals surface area contributed by atoms with E-state index in [0.717, 1.165) is 30.8 Å². The number of likely N-dealkylation sites (N-methyl/N-ethyl adjacent to an activating group) is 1. The van der Waals surface area contributed by atoms with E-state index in [2.05, 4.69) is 27.6 Å². The summed E-state index contributed by atoms with van der Waals surface area (Å²) in [6.07, 6.45) is 0.421. The van der Waals surface area contributed by atoms with Gasteiger partial charge in [0.1, 0.15) is 5.60 Å². The second kappa shape index (κ2) is 8.28. The fraction of sp³-hybridized carbons (Fsp3) is 0.450. The number of alkyl carbamates (subject to hydrolysis) is 1. The minimum absolute atomic E-state index is 0.210. The summed E-state index contributed by atoms with van der Waals surface area (Å²) in [5.74, 6) is -0.210. The van der Waals surface area contributed by atoms with Gasteiger partial charge in [0.15, 0.2) is 5.13 Å². The minimum Gasteiger partial charge on any atom is -0.444 e. The van der Waals surface area contributed by atoms with Crippen molar-refractivity contribution >= 4 is 28.5 Å². The summed E-state index contributed by atoms with van der Waals surface area (Å²) in [5, 5.41) is 6.22. The number of carbonyl (C=O) groups excluding carboxylic acids is 2. The van der Waals surface area contributed by atoms with Crippen LogP contribution in [0.3, 0.4) is 0 Å². The lowest BCUT2D eigenvalue weighted by molar-refractivity contribution is 0.0523. The molecule has 150 valence electrons. The van der Waals surface area contributed by atoms with Gasteiger partial charge in [-0.15, -0.1) is 11.3 Å². The number of amides is 2. The summed E-state index contributed by atoms with van der Waals surface area (Å²) < 4.78 is 5.22. The molecule has 1 aliphatic rings. The molecule has 0 fully saturated rings. The summed E-state index contributed by atoms with van der Waals surface area (Å²) in [6.45, 7) is 7.57. The predicted octanol–water partition coefficient (Wildman–Crippen LogP) is 3.41. The second-order valence-corrected chi connectivity index (χ2v) is 8.97. The molecule has 0 spiro atoms. The maximum Gasteiger partial charge on any atom is 0.407 e. The molecule has 0 saturated carbocycles. The molecule has 1 aromatic carbocycles. The molecule has 1 aromatic heterocycles. The van der Waals surface area contributed by atoms with E-state index in [1.165, 1.54) is 16.2 Å². The zero-order valence-corrected chi connectivity index (χ0v) is 17.5. The first-order valence-corrected chi connectivity index (χ1v) is 10.1. The van der Waals surface area contributed by atoms with Crippen LogP contribution in [0.1, 0.15) is 47.3 Å². The van der Waals surface area contributed by atoms with E-state index in [4.69, 9.17) is 4.74 Å². The Hall–Kier alpha value is -2.45. The van der Waals surface area contributed by atoms with E-state index < -0.39 is 11.7 Å². The Kier molecular flexibility index (Phi) is 6.00. The van der Waals surface area contributed by atoms with Crippen LogP contribution in [0.15, 0.2) is 24.3 Å². The summed E-state index contributed by atoms with van der Waals surface area (Å²) in [6, 6.07) is 7.15. The van der Waals surface area contributed by atoms with Gasteiger partial charge in [-0.1, -0.05) is 12.1 Å². The summed E-state index contributed by atoms with van der Waals surface area (Å²) in [7, 11) is 2.08. The number of rotatable bonds is 4. The maximum absolute atomic E-state index is 12.6. The molecule has 3 rings (SSSR count). The Bertz CT molecular complexity index is 873. The molecular weight excluding hydrogens is 376 g/mol. The lowest BCUT2D eigenvalue weighted by atomic mass is 10.1. The van der Waals surface area contributed by atoms with E-state index in [1.807, 2.05) is 26.8 Å². The highest BCUT2D eigenvalue weighted by Gasteiger charge is 2.20. The molecule has 0 unspecified atom stereocenters. The van der Waals surface area contributed by atoms with Crippen LogP contribution in [0, 0.1) is 0 Å². The average molecular weight is 403 g/mol. The van der Waals surface area contributed by atoms with Crippen LogP contribution in [0.5, 0.6) is 0 Å². The SMILES string of the molecule is CN1CCc2nc(NC(=O)c3cccc(CNC(=O)OC(C)(C)C)c3)sc2C1. The first-order chi connectivity index (χ1) is 13.2. The third-order valence-corrected chi connectivity index (χ3v) is 5.17. The van der Waals surface area contributed by atoms with Gasteiger partial charge in [0.2, 0.25) is 0 Å². The second-order valence-electron chi connectivity index (χ2n) is 7.89. The largest absolute Gasteiger partial charge is 0.444 e. The fourth-order valence-corrected chi connectivity index (χ4v) is 3.94. The Morgan fingerprint density at radius 2 is 2.11 bits per heavy atom. The highest BCUT2D eigenvalue weighted by Crippen LogP contribution is 2.28. The highest BCUT2D eigenvalue weighted by atomic mass is 32.1. The van der Waals surface area contributed by atoms with Crippen LogP contribution in [0.25, 0.3) is 0 Å². The molecule has 2 aromatic rings. The first kappa shape index (κ1) is 20.3. The van der Waals surface area contributed by atoms with E-state index in [-0.39, 0.29) is 12.5 Å². The Labute approximate surface area is 169 Å². The number of anilines is 1. The number of hydrogen-bond donors (Lipinski definition) is 2. The number of ether oxygens (including phenoxy) is 1. The zero-order valence-electron chi connectivity index (χ0n) is 16.7. The van der Waals surface area contributed by atoms with Gasteiger partial charge in [0.05, 0.1) is 5.69 Å². The molecule has 2 heterocycles. The number of nitrogens with one attached hydrogen (secondary N) is 2. The van der Waals surface area contributed by atoms with Crippen molar-refractivity contribution in [3.63, 3.8) is 0 Å². The smallest absolute Gasteiger partial charge is 0.407 e. The molecule has 0 aliphatic carbocycles. The van der Waals surface area contributed by atoms with Crippen molar-refractivity contribution in [2.75, 3.05) is 18.9 Å². The van der Waals surface area contributed by atoms with Crippen LogP contribution in [-0.4, -0.2) is 41.1 Å². The van der Waals surface area contributed by atoms with Crippen LogP contribution in [0.2, 0.25) is 0 Å². The molecular formula is C20H26N4O3S. The Balaban J connectivity index is 1.60. The van der Waals surface area contributed by atoms with Gasteiger partial charge in [0.25, 0.3) is 5.91 Å². The van der Waals surface area contributed by atoms with E-state index in [1.54, 1.807) is 18.2 Å². The number of benzene rings is 1. The van der Waals surface area contributed by atoms with Gasteiger partial charge in [-0.25, -0.2) is 9.78 Å². The third-order valence-electron chi connectivity index (χ3n) is 4.17. The molecule has 7 nitrogen and oxygen atoms in total. The normalized spacial score (nSPS) is 14.3. The van der Waals surface area contributed by atoms with Crippen LogP contribution >= 0.6 is 11.3 Å². The molecule has 2 N–H and O–H groups in total. The molecule has 0 bridgehead atoms. The number of nitrogens with zero attached hydrogens (tertiary/aromatic N) is 2. The molecule has 8 heteroatoms. The molecule has 0 atom stereocenters. The average Bonchev–Trinajstić information content (AvgIpc) is 3.00. The van der Waals surface area contributed by atoms with Gasteiger partial charge < -0.3 is 15.0 Å². The number of thiazole rings is 1. The molecule has 0 radical (unpaired) electrons. The van der Waals surface area contributed by atoms with Gasteiger partial charge in [-0.2, -0.15) is 0 Å². The van der Waals surface area contributed by atoms with Gasteiger partial charge in [-0.3, -0.25) is 10.1 Å². The maximum atomic E-state index is 12.6. The first-order valence-electron chi connectivity index (χ1n) is 9.24. The number of hydrogen-bond acceptors (Lipinski definition) is 6. The standard InChI is InChI=1S/C20H26N4O3S/c1-20(2,3)27-19(26)21-11-13-6-5-7-14(10-13)17(25)23-18-22-15-8-9-24(4)12-16(15)28-18/h5-7,10H,8-9,11-12H2,1-4H3,(H,21,26)(H,22,23,25). The lowest BCUT2D eigenvalue weighted by Crippen LogP contribution is -2.32. The number of aromatic nitrogens is 1. The van der Waals surface area contributed by atoms with Gasteiger partial charge in [-0.05, 0) is 45.5 Å². The molecule has 0 saturated heterocycles. The molecule has 28 heavy (non-hydrogen) atoms. The van der Waals surface area contributed by atoms with Crippen LogP contribution in [-0.2, 0) is 24.2 Å². The lowest BCUT2D eigenvalue weighted by Gasteiger charge is -2.20. The van der Waals surface area contributed by atoms with Crippen LogP contribution < -0.4 is 10.6 Å². The number of carbonyl (C=O) groups is 2. The van der Waals surface area contributed by atoms with Crippen LogP contribution in [0.4, 0.5) is 9.93 Å². The molecule has 1 aliphatic heterocycles. The summed E-state index contributed by atoms with van der Waals surface area (Å²) in [4.78, 5) is 32.4. The van der Waals surface area contributed by atoms with E-state index >= 15 is 0 Å². The topological polar surface area (TPSA) is 83.6 Å². The van der Waals surface area contributed by atoms with Gasteiger partial charge >= 0.3 is 6.09 Å². The number of fused-ring (bicyclic) bond motifs is 1. The van der Waals surface area contributed by atoms with E-state index in [0.29, 0.717) is 10.7 Å². The van der Waals surface area contributed by atoms with Crippen molar-refractivity contribution in [2.24, 2.45) is 0 Å². The third kappa shape index (κ3) is 5.53. The zero-order chi connectivity index (χ0) is 20.3. The van der Waals surface area contributed by atoms with Crippen molar-refractivity contribution in [3.05, 3.63) is 46.0 Å². The Morgan fingerprint density at radius 3 is 2.86 bits per heavy atom. The quantitative estimate of drug-likeness (QED) is 0.819. The predicted molar refractivity (Wildman–Crippen MR) is 110 cm³/mol. The van der Waals surface area contributed by atoms with E-state index in [9.17, 15) is 9.59 Å². The van der Waals surface area contributed by atoms with Gasteiger partial charge in [0, 0.05) is 36.5 Å². The fourth-order valence-electron chi connectivity index (χ4n) is 2.86. The van der Waals surface area contributed by atoms with Crippen molar-refractivity contribution < 1.29 is 14.3 Å². The summed E-state index contributed by atoms with van der Waals surface area (Å²) >= 11 is 1.53. The van der Waals surface area contributed by atoms with Crippen molar-refractivity contribution in [1.29, 1.82) is 0 Å². The monoisotopic (exact) mass is 402 g/mol. The highest BCUT2D eigenvalue weighted by molar-refractivity contribution is 7.15. The minimum atomic E-state index is -0.548.